The monoisotopic (exact) mass is 285 g/mol. The molecule has 0 bridgehead atoms. The van der Waals surface area contributed by atoms with Crippen molar-refractivity contribution in [2.75, 3.05) is 25.5 Å². The molecule has 1 aliphatic heterocycles. The van der Waals surface area contributed by atoms with Crippen LogP contribution in [0.25, 0.3) is 0 Å². The molecular weight excluding hydrogens is 262 g/mol. The lowest BCUT2D eigenvalue weighted by Gasteiger charge is -2.32. The molecule has 5 nitrogen and oxygen atoms in total. The molecule has 2 aromatic heterocycles. The molecular formula is C16H23N5. The molecule has 0 radical (unpaired) electrons. The van der Waals surface area contributed by atoms with Crippen molar-refractivity contribution >= 4 is 5.82 Å². The Balaban J connectivity index is 1.69. The lowest BCUT2D eigenvalue weighted by atomic mass is 9.91. The second-order valence-electron chi connectivity index (χ2n) is 5.75. The van der Waals surface area contributed by atoms with Gasteiger partial charge in [-0.1, -0.05) is 0 Å². The lowest BCUT2D eigenvalue weighted by molar-refractivity contribution is 0.194. The lowest BCUT2D eigenvalue weighted by Crippen LogP contribution is -2.34. The van der Waals surface area contributed by atoms with Gasteiger partial charge in [0.2, 0.25) is 0 Å². The number of nitrogens with zero attached hydrogens (tertiary/aromatic N) is 4. The number of piperidine rings is 1. The van der Waals surface area contributed by atoms with Gasteiger partial charge < -0.3 is 9.88 Å². The zero-order valence-corrected chi connectivity index (χ0v) is 12.8. The molecule has 0 amide bonds. The third-order valence-electron chi connectivity index (χ3n) is 4.30. The summed E-state index contributed by atoms with van der Waals surface area (Å²) in [6.07, 6.45) is 8.28. The van der Waals surface area contributed by atoms with Crippen molar-refractivity contribution in [3.63, 3.8) is 0 Å². The summed E-state index contributed by atoms with van der Waals surface area (Å²) in [5, 5.41) is 3.12. The van der Waals surface area contributed by atoms with Crippen LogP contribution in [0.5, 0.6) is 0 Å². The Hall–Kier alpha value is -1.88. The average molecular weight is 285 g/mol. The van der Waals surface area contributed by atoms with Crippen molar-refractivity contribution < 1.29 is 0 Å². The summed E-state index contributed by atoms with van der Waals surface area (Å²) in [6.45, 7) is 3.19. The predicted octanol–water partition coefficient (Wildman–Crippen LogP) is 2.24. The number of hydrogen-bond acceptors (Lipinski definition) is 4. The molecule has 0 unspecified atom stereocenters. The van der Waals surface area contributed by atoms with Gasteiger partial charge >= 0.3 is 0 Å². The Labute approximate surface area is 126 Å². The molecule has 2 aromatic rings. The molecule has 1 aliphatic rings. The zero-order chi connectivity index (χ0) is 14.7. The number of imidazole rings is 1. The number of aryl methyl sites for hydroxylation is 1. The van der Waals surface area contributed by atoms with Gasteiger partial charge in [-0.2, -0.15) is 0 Å². The smallest absolute Gasteiger partial charge is 0.125 e. The van der Waals surface area contributed by atoms with Crippen molar-refractivity contribution in [2.45, 2.75) is 25.3 Å². The van der Waals surface area contributed by atoms with Gasteiger partial charge in [0.1, 0.15) is 11.6 Å². The summed E-state index contributed by atoms with van der Waals surface area (Å²) < 4.78 is 2.11. The molecule has 5 heteroatoms. The minimum absolute atomic E-state index is 0.592. The molecule has 3 heterocycles. The van der Waals surface area contributed by atoms with Gasteiger partial charge in [0, 0.05) is 39.2 Å². The van der Waals surface area contributed by atoms with E-state index in [0.717, 1.165) is 31.3 Å². The van der Waals surface area contributed by atoms with Crippen molar-refractivity contribution in [3.05, 3.63) is 42.1 Å². The quantitative estimate of drug-likeness (QED) is 0.936. The third kappa shape index (κ3) is 3.24. The van der Waals surface area contributed by atoms with E-state index >= 15 is 0 Å². The van der Waals surface area contributed by atoms with Crippen LogP contribution in [0, 0.1) is 0 Å². The predicted molar refractivity (Wildman–Crippen MR) is 84.2 cm³/mol. The second-order valence-corrected chi connectivity index (χ2v) is 5.75. The van der Waals surface area contributed by atoms with Crippen LogP contribution in [-0.4, -0.2) is 39.6 Å². The maximum atomic E-state index is 4.44. The second kappa shape index (κ2) is 6.26. The van der Waals surface area contributed by atoms with Crippen LogP contribution in [-0.2, 0) is 13.6 Å². The summed E-state index contributed by atoms with van der Waals surface area (Å²) in [4.78, 5) is 11.3. The van der Waals surface area contributed by atoms with Crippen molar-refractivity contribution in [2.24, 2.45) is 7.05 Å². The van der Waals surface area contributed by atoms with Crippen molar-refractivity contribution in [3.8, 4) is 0 Å². The van der Waals surface area contributed by atoms with Gasteiger partial charge in [0.25, 0.3) is 0 Å². The van der Waals surface area contributed by atoms with E-state index in [4.69, 9.17) is 0 Å². The van der Waals surface area contributed by atoms with E-state index in [0.29, 0.717) is 5.92 Å². The highest BCUT2D eigenvalue weighted by atomic mass is 15.2. The first kappa shape index (κ1) is 14.1. The number of hydrogen-bond donors (Lipinski definition) is 1. The summed E-state index contributed by atoms with van der Waals surface area (Å²) >= 11 is 0. The first-order valence-corrected chi connectivity index (χ1v) is 7.58. The fraction of sp³-hybridized carbons (Fsp3) is 0.500. The highest BCUT2D eigenvalue weighted by Crippen LogP contribution is 2.28. The van der Waals surface area contributed by atoms with Crippen LogP contribution in [0.4, 0.5) is 5.82 Å². The summed E-state index contributed by atoms with van der Waals surface area (Å²) in [5.41, 5.74) is 1.39. The maximum absolute atomic E-state index is 4.44. The summed E-state index contributed by atoms with van der Waals surface area (Å²) in [5.74, 6) is 2.68. The van der Waals surface area contributed by atoms with E-state index < -0.39 is 0 Å². The van der Waals surface area contributed by atoms with Gasteiger partial charge in [-0.25, -0.2) is 9.97 Å². The Bertz CT molecular complexity index is 592. The van der Waals surface area contributed by atoms with E-state index in [-0.39, 0.29) is 0 Å². The number of pyridine rings is 1. The molecule has 112 valence electrons. The van der Waals surface area contributed by atoms with Gasteiger partial charge in [0.15, 0.2) is 0 Å². The van der Waals surface area contributed by atoms with Gasteiger partial charge in [-0.05, 0) is 43.0 Å². The Kier molecular flexibility index (Phi) is 4.20. The molecule has 1 atom stereocenters. The molecule has 0 saturated carbocycles. The molecule has 0 aromatic carbocycles. The van der Waals surface area contributed by atoms with Crippen molar-refractivity contribution in [1.82, 2.24) is 19.4 Å². The number of likely N-dealkylation sites (tertiary alicyclic amines) is 1. The molecule has 1 saturated heterocycles. The van der Waals surface area contributed by atoms with E-state index in [1.165, 1.54) is 18.4 Å². The zero-order valence-electron chi connectivity index (χ0n) is 12.8. The molecule has 3 rings (SSSR count). The number of rotatable bonds is 4. The molecule has 1 N–H and O–H groups in total. The highest BCUT2D eigenvalue weighted by Gasteiger charge is 2.22. The Morgan fingerprint density at radius 1 is 1.33 bits per heavy atom. The number of nitrogens with one attached hydrogen (secondary N) is 1. The first-order valence-electron chi connectivity index (χ1n) is 7.58. The van der Waals surface area contributed by atoms with E-state index in [1.54, 1.807) is 0 Å². The molecule has 1 fully saturated rings. The van der Waals surface area contributed by atoms with Gasteiger partial charge in [0.05, 0.1) is 6.54 Å². The molecule has 21 heavy (non-hydrogen) atoms. The van der Waals surface area contributed by atoms with Crippen LogP contribution in [0.1, 0.15) is 30.1 Å². The fourth-order valence-electron chi connectivity index (χ4n) is 3.06. The molecule has 0 spiro atoms. The van der Waals surface area contributed by atoms with Crippen molar-refractivity contribution in [1.29, 1.82) is 0 Å². The minimum atomic E-state index is 0.592. The third-order valence-corrected chi connectivity index (χ3v) is 4.30. The van der Waals surface area contributed by atoms with E-state index in [9.17, 15) is 0 Å². The fourth-order valence-corrected chi connectivity index (χ4v) is 3.06. The Morgan fingerprint density at radius 3 is 3.00 bits per heavy atom. The van der Waals surface area contributed by atoms with E-state index in [2.05, 4.69) is 43.9 Å². The SMILES string of the molecule is CNc1cc([C@H]2CCCN(Cc3nccn3C)C2)ccn1. The standard InChI is InChI=1S/C16H23N5/c1-17-15-10-13(5-6-18-15)14-4-3-8-21(11-14)12-16-19-7-9-20(16)2/h5-7,9-10,14H,3-4,8,11-12H2,1-2H3,(H,17,18)/t14-/m0/s1. The first-order chi connectivity index (χ1) is 10.3. The minimum Gasteiger partial charge on any atom is -0.373 e. The largest absolute Gasteiger partial charge is 0.373 e. The van der Waals surface area contributed by atoms with E-state index in [1.807, 2.05) is 25.6 Å². The highest BCUT2D eigenvalue weighted by molar-refractivity contribution is 5.38. The van der Waals surface area contributed by atoms with Crippen LogP contribution < -0.4 is 5.32 Å². The van der Waals surface area contributed by atoms with Crippen LogP contribution in [0.3, 0.4) is 0 Å². The topological polar surface area (TPSA) is 46.0 Å². The normalized spacial score (nSPS) is 19.6. The summed E-state index contributed by atoms with van der Waals surface area (Å²) in [7, 11) is 3.98. The van der Waals surface area contributed by atoms with Gasteiger partial charge in [-0.3, -0.25) is 4.90 Å². The van der Waals surface area contributed by atoms with Gasteiger partial charge in [-0.15, -0.1) is 0 Å². The number of anilines is 1. The van der Waals surface area contributed by atoms with Crippen LogP contribution in [0.15, 0.2) is 30.7 Å². The van der Waals surface area contributed by atoms with Crippen LogP contribution >= 0.6 is 0 Å². The van der Waals surface area contributed by atoms with Crippen LogP contribution in [0.2, 0.25) is 0 Å². The number of aromatic nitrogens is 3. The maximum Gasteiger partial charge on any atom is 0.125 e. The average Bonchev–Trinajstić information content (AvgIpc) is 2.93. The summed E-state index contributed by atoms with van der Waals surface area (Å²) in [6, 6.07) is 4.32. The molecule has 0 aliphatic carbocycles. The Morgan fingerprint density at radius 2 is 2.24 bits per heavy atom.